The van der Waals surface area contributed by atoms with Gasteiger partial charge in [-0.25, -0.2) is 0 Å². The van der Waals surface area contributed by atoms with E-state index in [1.807, 2.05) is 6.07 Å². The molecule has 0 aliphatic heterocycles. The Labute approximate surface area is 105 Å². The van der Waals surface area contributed by atoms with Gasteiger partial charge in [0.15, 0.2) is 6.29 Å². The second-order valence-corrected chi connectivity index (χ2v) is 3.45. The molecule has 5 heteroatoms. The third-order valence-electron chi connectivity index (χ3n) is 2.37. The molecule has 0 radical (unpaired) electrons. The van der Waals surface area contributed by atoms with Crippen LogP contribution in [0.2, 0.25) is 0 Å². The number of hydrogen-bond donors (Lipinski definition) is 0. The van der Waals surface area contributed by atoms with Crippen LogP contribution in [0.3, 0.4) is 0 Å². The fourth-order valence-electron chi connectivity index (χ4n) is 1.54. The molecule has 0 saturated carbocycles. The summed E-state index contributed by atoms with van der Waals surface area (Å²) in [6, 6.07) is 4.92. The van der Waals surface area contributed by atoms with Gasteiger partial charge in [0.05, 0.1) is 31.8 Å². The second kappa shape index (κ2) is 6.40. The molecule has 18 heavy (non-hydrogen) atoms. The first-order valence-corrected chi connectivity index (χ1v) is 5.38. The predicted molar refractivity (Wildman–Crippen MR) is 63.4 cm³/mol. The average molecular weight is 247 g/mol. The Bertz CT molecular complexity index is 502. The van der Waals surface area contributed by atoms with Gasteiger partial charge in [0.2, 0.25) is 0 Å². The Morgan fingerprint density at radius 2 is 2.22 bits per heavy atom. The molecule has 0 atom stereocenters. The molecule has 0 saturated heterocycles. The molecular weight excluding hydrogens is 234 g/mol. The van der Waals surface area contributed by atoms with E-state index in [-0.39, 0.29) is 24.2 Å². The van der Waals surface area contributed by atoms with Crippen molar-refractivity contribution in [2.45, 2.75) is 13.3 Å². The standard InChI is InChI=1S/C13H13NO4/c1-3-18-13(16)6-12-9(7-14)4-11(17-2)5-10(12)8-15/h4-5,8H,3,6H2,1-2H3. The van der Waals surface area contributed by atoms with E-state index >= 15 is 0 Å². The van der Waals surface area contributed by atoms with Crippen LogP contribution in [0.25, 0.3) is 0 Å². The Hall–Kier alpha value is -2.35. The van der Waals surface area contributed by atoms with Crippen molar-refractivity contribution >= 4 is 12.3 Å². The van der Waals surface area contributed by atoms with Crippen LogP contribution in [0.1, 0.15) is 28.4 Å². The number of benzene rings is 1. The highest BCUT2D eigenvalue weighted by Gasteiger charge is 2.15. The fraction of sp³-hybridized carbons (Fsp3) is 0.308. The van der Waals surface area contributed by atoms with Crippen LogP contribution < -0.4 is 4.74 Å². The van der Waals surface area contributed by atoms with Gasteiger partial charge in [-0.15, -0.1) is 0 Å². The van der Waals surface area contributed by atoms with Crippen LogP contribution in [-0.2, 0) is 16.0 Å². The van der Waals surface area contributed by atoms with Crippen molar-refractivity contribution in [3.63, 3.8) is 0 Å². The maximum Gasteiger partial charge on any atom is 0.310 e. The lowest BCUT2D eigenvalue weighted by molar-refractivity contribution is -0.142. The van der Waals surface area contributed by atoms with Crippen molar-refractivity contribution in [3.05, 3.63) is 28.8 Å². The van der Waals surface area contributed by atoms with Gasteiger partial charge < -0.3 is 9.47 Å². The van der Waals surface area contributed by atoms with Gasteiger partial charge in [-0.3, -0.25) is 9.59 Å². The summed E-state index contributed by atoms with van der Waals surface area (Å²) in [4.78, 5) is 22.4. The number of ether oxygens (including phenoxy) is 2. The number of esters is 1. The predicted octanol–water partition coefficient (Wildman–Crippen LogP) is 1.48. The van der Waals surface area contributed by atoms with Crippen LogP contribution in [0, 0.1) is 11.3 Å². The van der Waals surface area contributed by atoms with E-state index < -0.39 is 5.97 Å². The van der Waals surface area contributed by atoms with Crippen LogP contribution in [-0.4, -0.2) is 26.0 Å². The molecule has 0 spiro atoms. The summed E-state index contributed by atoms with van der Waals surface area (Å²) >= 11 is 0. The lowest BCUT2D eigenvalue weighted by atomic mass is 9.99. The van der Waals surface area contributed by atoms with E-state index in [1.165, 1.54) is 19.2 Å². The number of hydrogen-bond acceptors (Lipinski definition) is 5. The Kier molecular flexibility index (Phi) is 4.88. The van der Waals surface area contributed by atoms with E-state index in [0.29, 0.717) is 17.6 Å². The van der Waals surface area contributed by atoms with Crippen molar-refractivity contribution in [2.24, 2.45) is 0 Å². The molecule has 0 amide bonds. The molecule has 0 heterocycles. The maximum absolute atomic E-state index is 11.4. The van der Waals surface area contributed by atoms with Crippen molar-refractivity contribution < 1.29 is 19.1 Å². The molecule has 5 nitrogen and oxygen atoms in total. The van der Waals surface area contributed by atoms with Crippen LogP contribution in [0.4, 0.5) is 0 Å². The van der Waals surface area contributed by atoms with Gasteiger partial charge in [0.25, 0.3) is 0 Å². The van der Waals surface area contributed by atoms with Gasteiger partial charge >= 0.3 is 5.97 Å². The SMILES string of the molecule is CCOC(=O)Cc1c(C#N)cc(OC)cc1C=O. The van der Waals surface area contributed by atoms with Gasteiger partial charge in [-0.2, -0.15) is 5.26 Å². The molecule has 0 bridgehead atoms. The molecule has 1 rings (SSSR count). The Balaban J connectivity index is 3.20. The number of rotatable bonds is 5. The molecule has 0 unspecified atom stereocenters. The number of nitrogens with zero attached hydrogens (tertiary/aromatic N) is 1. The summed E-state index contributed by atoms with van der Waals surface area (Å²) in [6.45, 7) is 1.95. The summed E-state index contributed by atoms with van der Waals surface area (Å²) in [7, 11) is 1.44. The zero-order chi connectivity index (χ0) is 13.5. The largest absolute Gasteiger partial charge is 0.497 e. The van der Waals surface area contributed by atoms with Crippen molar-refractivity contribution in [2.75, 3.05) is 13.7 Å². The van der Waals surface area contributed by atoms with Gasteiger partial charge in [-0.1, -0.05) is 0 Å². The first-order chi connectivity index (χ1) is 8.65. The molecule has 94 valence electrons. The minimum Gasteiger partial charge on any atom is -0.497 e. The molecule has 1 aromatic carbocycles. The highest BCUT2D eigenvalue weighted by atomic mass is 16.5. The first kappa shape index (κ1) is 13.7. The zero-order valence-corrected chi connectivity index (χ0v) is 10.2. The number of aldehydes is 1. The molecule has 0 aliphatic rings. The van der Waals surface area contributed by atoms with E-state index in [0.717, 1.165) is 0 Å². The van der Waals surface area contributed by atoms with Crippen LogP contribution in [0.15, 0.2) is 12.1 Å². The quantitative estimate of drug-likeness (QED) is 0.582. The third kappa shape index (κ3) is 3.08. The minimum atomic E-state index is -0.470. The number of carbonyl (C=O) groups is 2. The number of methoxy groups -OCH3 is 1. The summed E-state index contributed by atoms with van der Waals surface area (Å²) in [5.74, 6) is -0.0662. The second-order valence-electron chi connectivity index (χ2n) is 3.45. The summed E-state index contributed by atoms with van der Waals surface area (Å²) in [6.07, 6.45) is 0.493. The van der Waals surface area contributed by atoms with Crippen LogP contribution in [0.5, 0.6) is 5.75 Å². The summed E-state index contributed by atoms with van der Waals surface area (Å²) < 4.78 is 9.79. The monoisotopic (exact) mass is 247 g/mol. The van der Waals surface area contributed by atoms with Crippen molar-refractivity contribution in [1.82, 2.24) is 0 Å². The Morgan fingerprint density at radius 3 is 2.72 bits per heavy atom. The van der Waals surface area contributed by atoms with E-state index in [9.17, 15) is 9.59 Å². The summed E-state index contributed by atoms with van der Waals surface area (Å²) in [5.41, 5.74) is 0.871. The fourth-order valence-corrected chi connectivity index (χ4v) is 1.54. The molecule has 0 aromatic heterocycles. The third-order valence-corrected chi connectivity index (χ3v) is 2.37. The van der Waals surface area contributed by atoms with E-state index in [4.69, 9.17) is 14.7 Å². The molecule has 0 aliphatic carbocycles. The van der Waals surface area contributed by atoms with E-state index in [1.54, 1.807) is 6.92 Å². The summed E-state index contributed by atoms with van der Waals surface area (Å²) in [5, 5.41) is 9.03. The van der Waals surface area contributed by atoms with Gasteiger partial charge in [-0.05, 0) is 24.6 Å². The molecule has 0 fully saturated rings. The normalized spacial score (nSPS) is 9.39. The van der Waals surface area contributed by atoms with Gasteiger partial charge in [0.1, 0.15) is 5.75 Å². The number of nitriles is 1. The molecular formula is C13H13NO4. The maximum atomic E-state index is 11.4. The van der Waals surface area contributed by atoms with Crippen molar-refractivity contribution in [1.29, 1.82) is 5.26 Å². The van der Waals surface area contributed by atoms with E-state index in [2.05, 4.69) is 0 Å². The molecule has 0 N–H and O–H groups in total. The topological polar surface area (TPSA) is 76.4 Å². The highest BCUT2D eigenvalue weighted by molar-refractivity contribution is 5.84. The zero-order valence-electron chi connectivity index (χ0n) is 10.2. The number of carbonyl (C=O) groups excluding carboxylic acids is 2. The minimum absolute atomic E-state index is 0.102. The molecule has 1 aromatic rings. The lowest BCUT2D eigenvalue weighted by Crippen LogP contribution is -2.11. The van der Waals surface area contributed by atoms with Gasteiger partial charge in [0, 0.05) is 5.56 Å². The van der Waals surface area contributed by atoms with Crippen molar-refractivity contribution in [3.8, 4) is 11.8 Å². The first-order valence-electron chi connectivity index (χ1n) is 5.38. The smallest absolute Gasteiger partial charge is 0.310 e. The Morgan fingerprint density at radius 1 is 1.50 bits per heavy atom. The van der Waals surface area contributed by atoms with Crippen LogP contribution >= 0.6 is 0 Å². The average Bonchev–Trinajstić information content (AvgIpc) is 2.39. The lowest BCUT2D eigenvalue weighted by Gasteiger charge is -2.09. The highest BCUT2D eigenvalue weighted by Crippen LogP contribution is 2.22.